The lowest BCUT2D eigenvalue weighted by Gasteiger charge is -2.21. The summed E-state index contributed by atoms with van der Waals surface area (Å²) in [6.07, 6.45) is 0.102. The van der Waals surface area contributed by atoms with E-state index in [-0.39, 0.29) is 18.9 Å². The van der Waals surface area contributed by atoms with E-state index in [1.54, 1.807) is 4.90 Å². The summed E-state index contributed by atoms with van der Waals surface area (Å²) >= 11 is 0. The molecule has 120 valence electrons. The molecule has 0 aromatic carbocycles. The molecule has 21 heavy (non-hydrogen) atoms. The fourth-order valence-electron chi connectivity index (χ4n) is 1.67. The minimum atomic E-state index is -1.26. The Balaban J connectivity index is 4.33. The van der Waals surface area contributed by atoms with Crippen LogP contribution in [0.3, 0.4) is 0 Å². The van der Waals surface area contributed by atoms with Gasteiger partial charge in [-0.3, -0.25) is 14.4 Å². The summed E-state index contributed by atoms with van der Waals surface area (Å²) in [4.78, 5) is 47.2. The number of amides is 4. The lowest BCUT2D eigenvalue weighted by molar-refractivity contribution is -0.138. The van der Waals surface area contributed by atoms with Crippen LogP contribution in [0.15, 0.2) is 0 Å². The number of nitrogens with two attached hydrogens (primary N) is 1. The molecule has 0 rings (SSSR count). The fraction of sp³-hybridized carbons (Fsp3) is 0.667. The number of hydrogen-bond acceptors (Lipinski definition) is 4. The number of carboxylic acids is 1. The summed E-state index contributed by atoms with van der Waals surface area (Å²) in [5, 5.41) is 11.1. The number of nitrogens with one attached hydrogen (secondary N) is 1. The van der Waals surface area contributed by atoms with Crippen molar-refractivity contribution in [2.75, 3.05) is 32.7 Å². The highest BCUT2D eigenvalue weighted by Gasteiger charge is 2.19. The van der Waals surface area contributed by atoms with Crippen LogP contribution >= 0.6 is 0 Å². The van der Waals surface area contributed by atoms with Gasteiger partial charge in [-0.15, -0.1) is 0 Å². The Morgan fingerprint density at radius 3 is 2.05 bits per heavy atom. The molecule has 0 aliphatic heterocycles. The Morgan fingerprint density at radius 1 is 1.05 bits per heavy atom. The maximum atomic E-state index is 11.7. The average Bonchev–Trinajstić information content (AvgIpc) is 2.38. The van der Waals surface area contributed by atoms with E-state index in [9.17, 15) is 19.2 Å². The SMILES string of the molecule is CCN(CC)C(=O)CCNC(=O)N(CC(N)=O)CC(=O)O. The van der Waals surface area contributed by atoms with Gasteiger partial charge in [-0.05, 0) is 13.8 Å². The van der Waals surface area contributed by atoms with E-state index in [1.165, 1.54) is 0 Å². The standard InChI is InChI=1S/C12H22N4O5/c1-3-15(4-2)10(18)5-6-14-12(21)16(7-9(13)17)8-11(19)20/h3-8H2,1-2H3,(H2,13,17)(H,14,21)(H,19,20). The number of aliphatic carboxylic acids is 1. The molecular formula is C12H22N4O5. The van der Waals surface area contributed by atoms with Gasteiger partial charge in [0.2, 0.25) is 11.8 Å². The maximum Gasteiger partial charge on any atom is 0.323 e. The number of urea groups is 1. The zero-order valence-electron chi connectivity index (χ0n) is 12.3. The third-order valence-electron chi connectivity index (χ3n) is 2.69. The molecule has 0 bridgehead atoms. The van der Waals surface area contributed by atoms with E-state index in [2.05, 4.69) is 5.32 Å². The lowest BCUT2D eigenvalue weighted by atomic mass is 10.3. The lowest BCUT2D eigenvalue weighted by Crippen LogP contribution is -2.47. The van der Waals surface area contributed by atoms with Gasteiger partial charge < -0.3 is 26.0 Å². The van der Waals surface area contributed by atoms with Gasteiger partial charge >= 0.3 is 12.0 Å². The van der Waals surface area contributed by atoms with Gasteiger partial charge in [0.25, 0.3) is 0 Å². The van der Waals surface area contributed by atoms with Crippen molar-refractivity contribution in [1.29, 1.82) is 0 Å². The Morgan fingerprint density at radius 2 is 1.62 bits per heavy atom. The number of carboxylic acid groups (broad SMARTS) is 1. The molecule has 0 fully saturated rings. The molecule has 0 aliphatic carbocycles. The number of hydrogen-bond donors (Lipinski definition) is 3. The Labute approximate surface area is 123 Å². The largest absolute Gasteiger partial charge is 0.480 e. The van der Waals surface area contributed by atoms with Crippen LogP contribution in [0.1, 0.15) is 20.3 Å². The molecule has 0 spiro atoms. The highest BCUT2D eigenvalue weighted by atomic mass is 16.4. The van der Waals surface area contributed by atoms with Gasteiger partial charge in [0.15, 0.2) is 0 Å². The van der Waals surface area contributed by atoms with Crippen LogP contribution in [-0.2, 0) is 14.4 Å². The van der Waals surface area contributed by atoms with Crippen molar-refractivity contribution >= 4 is 23.8 Å². The van der Waals surface area contributed by atoms with Crippen molar-refractivity contribution < 1.29 is 24.3 Å². The van der Waals surface area contributed by atoms with Crippen LogP contribution in [0.5, 0.6) is 0 Å². The van der Waals surface area contributed by atoms with E-state index in [0.717, 1.165) is 4.90 Å². The molecule has 4 N–H and O–H groups in total. The molecule has 4 amide bonds. The monoisotopic (exact) mass is 302 g/mol. The van der Waals surface area contributed by atoms with Gasteiger partial charge in [-0.1, -0.05) is 0 Å². The first-order valence-corrected chi connectivity index (χ1v) is 6.62. The van der Waals surface area contributed by atoms with Crippen molar-refractivity contribution in [3.63, 3.8) is 0 Å². The third-order valence-corrected chi connectivity index (χ3v) is 2.69. The van der Waals surface area contributed by atoms with Crippen LogP contribution in [0.25, 0.3) is 0 Å². The molecule has 0 aromatic heterocycles. The van der Waals surface area contributed by atoms with Gasteiger partial charge in [0, 0.05) is 26.1 Å². The van der Waals surface area contributed by atoms with Crippen molar-refractivity contribution in [3.05, 3.63) is 0 Å². The molecule has 0 aliphatic rings. The highest BCUT2D eigenvalue weighted by Crippen LogP contribution is 1.94. The van der Waals surface area contributed by atoms with Crippen molar-refractivity contribution in [2.24, 2.45) is 5.73 Å². The number of rotatable bonds is 9. The Hall–Kier alpha value is -2.32. The molecular weight excluding hydrogens is 280 g/mol. The van der Waals surface area contributed by atoms with Crippen molar-refractivity contribution in [3.8, 4) is 0 Å². The zero-order valence-corrected chi connectivity index (χ0v) is 12.3. The molecule has 0 radical (unpaired) electrons. The van der Waals surface area contributed by atoms with Crippen LogP contribution in [0.4, 0.5) is 4.79 Å². The van der Waals surface area contributed by atoms with Gasteiger partial charge in [-0.2, -0.15) is 0 Å². The maximum absolute atomic E-state index is 11.7. The Kier molecular flexibility index (Phi) is 8.51. The van der Waals surface area contributed by atoms with Crippen LogP contribution in [-0.4, -0.2) is 71.4 Å². The second-order valence-corrected chi connectivity index (χ2v) is 4.26. The number of primary amides is 1. The minimum absolute atomic E-state index is 0.0586. The quantitative estimate of drug-likeness (QED) is 0.493. The second kappa shape index (κ2) is 9.56. The van der Waals surface area contributed by atoms with E-state index in [1.807, 2.05) is 13.8 Å². The Bertz CT molecular complexity index is 379. The predicted octanol–water partition coefficient (Wildman–Crippen LogP) is -1.17. The van der Waals surface area contributed by atoms with E-state index < -0.39 is 31.0 Å². The van der Waals surface area contributed by atoms with E-state index in [0.29, 0.717) is 13.1 Å². The number of carbonyl (C=O) groups excluding carboxylic acids is 3. The van der Waals surface area contributed by atoms with Gasteiger partial charge in [0.05, 0.1) is 0 Å². The first-order valence-electron chi connectivity index (χ1n) is 6.62. The van der Waals surface area contributed by atoms with Crippen LogP contribution in [0.2, 0.25) is 0 Å². The summed E-state index contributed by atoms with van der Waals surface area (Å²) in [6, 6.07) is -0.747. The topological polar surface area (TPSA) is 133 Å². The van der Waals surface area contributed by atoms with Gasteiger partial charge in [-0.25, -0.2) is 4.79 Å². The number of carbonyl (C=O) groups is 4. The minimum Gasteiger partial charge on any atom is -0.480 e. The third kappa shape index (κ3) is 7.75. The summed E-state index contributed by atoms with van der Waals surface area (Å²) in [5.74, 6) is -2.18. The first kappa shape index (κ1) is 18.7. The molecule has 9 nitrogen and oxygen atoms in total. The molecule has 0 saturated carbocycles. The fourth-order valence-corrected chi connectivity index (χ4v) is 1.67. The molecule has 0 atom stereocenters. The number of nitrogens with zero attached hydrogens (tertiary/aromatic N) is 2. The molecule has 0 unspecified atom stereocenters. The predicted molar refractivity (Wildman–Crippen MR) is 74.3 cm³/mol. The van der Waals surface area contributed by atoms with E-state index in [4.69, 9.17) is 10.8 Å². The molecule has 0 saturated heterocycles. The molecule has 0 aromatic rings. The average molecular weight is 302 g/mol. The zero-order chi connectivity index (χ0) is 16.4. The smallest absolute Gasteiger partial charge is 0.323 e. The summed E-state index contributed by atoms with van der Waals surface area (Å²) in [5.41, 5.74) is 4.95. The van der Waals surface area contributed by atoms with Crippen LogP contribution < -0.4 is 11.1 Å². The van der Waals surface area contributed by atoms with E-state index >= 15 is 0 Å². The molecule has 0 heterocycles. The second-order valence-electron chi connectivity index (χ2n) is 4.26. The normalized spacial score (nSPS) is 9.81. The van der Waals surface area contributed by atoms with Crippen LogP contribution in [0, 0.1) is 0 Å². The molecule has 9 heteroatoms. The highest BCUT2D eigenvalue weighted by molar-refractivity contribution is 5.86. The van der Waals surface area contributed by atoms with Crippen molar-refractivity contribution in [1.82, 2.24) is 15.1 Å². The van der Waals surface area contributed by atoms with Gasteiger partial charge in [0.1, 0.15) is 13.1 Å². The van der Waals surface area contributed by atoms with Crippen molar-refractivity contribution in [2.45, 2.75) is 20.3 Å². The first-order chi connectivity index (χ1) is 9.81. The summed E-state index contributed by atoms with van der Waals surface area (Å²) in [7, 11) is 0. The summed E-state index contributed by atoms with van der Waals surface area (Å²) in [6.45, 7) is 3.78. The summed E-state index contributed by atoms with van der Waals surface area (Å²) < 4.78 is 0.